The predicted molar refractivity (Wildman–Crippen MR) is 123 cm³/mol. The highest BCUT2D eigenvalue weighted by Crippen LogP contribution is 2.50. The minimum absolute atomic E-state index is 0.0221. The molecular weight excluding hydrogens is 487 g/mol. The Morgan fingerprint density at radius 3 is 2.63 bits per heavy atom. The molecule has 0 saturated carbocycles. The van der Waals surface area contributed by atoms with Gasteiger partial charge in [0, 0.05) is 21.5 Å². The van der Waals surface area contributed by atoms with Gasteiger partial charge in [0.1, 0.15) is 11.5 Å². The highest BCUT2D eigenvalue weighted by atomic mass is 79.9. The van der Waals surface area contributed by atoms with Gasteiger partial charge >= 0.3 is 0 Å². The number of methoxy groups -OCH3 is 1. The molecule has 2 heterocycles. The second-order valence-corrected chi connectivity index (χ2v) is 8.93. The zero-order valence-corrected chi connectivity index (χ0v) is 19.1. The number of benzene rings is 3. The first-order valence-electron chi connectivity index (χ1n) is 9.45. The monoisotopic (exact) mass is 502 g/mol. The van der Waals surface area contributed by atoms with Gasteiger partial charge in [-0.15, -0.1) is 0 Å². The molecule has 0 N–H and O–H groups in total. The molecule has 152 valence electrons. The number of nitrogens with zero attached hydrogens (tertiary/aromatic N) is 2. The lowest BCUT2D eigenvalue weighted by molar-refractivity contribution is -0.0203. The van der Waals surface area contributed by atoms with E-state index in [0.29, 0.717) is 15.8 Å². The maximum absolute atomic E-state index is 6.42. The molecular formula is C23H17BrCl2N2O2. The van der Waals surface area contributed by atoms with Crippen molar-refractivity contribution in [2.45, 2.75) is 18.7 Å². The van der Waals surface area contributed by atoms with Gasteiger partial charge in [-0.05, 0) is 35.9 Å². The van der Waals surface area contributed by atoms with Gasteiger partial charge in [-0.1, -0.05) is 69.5 Å². The summed E-state index contributed by atoms with van der Waals surface area (Å²) in [5.41, 5.74) is 3.93. The van der Waals surface area contributed by atoms with Gasteiger partial charge in [0.15, 0.2) is 0 Å². The summed E-state index contributed by atoms with van der Waals surface area (Å²) in [4.78, 5) is 0. The molecule has 0 saturated heterocycles. The summed E-state index contributed by atoms with van der Waals surface area (Å²) in [6.07, 6.45) is 0.250. The van der Waals surface area contributed by atoms with E-state index in [-0.39, 0.29) is 6.04 Å². The maximum Gasteiger partial charge on any atom is 0.217 e. The average Bonchev–Trinajstić information content (AvgIpc) is 3.19. The largest absolute Gasteiger partial charge is 0.495 e. The quantitative estimate of drug-likeness (QED) is 0.385. The van der Waals surface area contributed by atoms with E-state index in [2.05, 4.69) is 34.1 Å². The minimum atomic E-state index is -0.518. The predicted octanol–water partition coefficient (Wildman–Crippen LogP) is 7.01. The first-order valence-corrected chi connectivity index (χ1v) is 11.0. The molecule has 0 spiro atoms. The van der Waals surface area contributed by atoms with E-state index in [1.165, 1.54) is 0 Å². The molecule has 0 fully saturated rings. The van der Waals surface area contributed by atoms with Crippen LogP contribution in [0.3, 0.4) is 0 Å². The van der Waals surface area contributed by atoms with Crippen LogP contribution >= 0.6 is 39.1 Å². The molecule has 30 heavy (non-hydrogen) atoms. The molecule has 0 unspecified atom stereocenters. The minimum Gasteiger partial charge on any atom is -0.495 e. The van der Waals surface area contributed by atoms with Gasteiger partial charge in [0.05, 0.1) is 29.4 Å². The number of rotatable bonds is 3. The van der Waals surface area contributed by atoms with E-state index in [9.17, 15) is 0 Å². The number of ether oxygens (including phenoxy) is 2. The van der Waals surface area contributed by atoms with Crippen LogP contribution in [0.5, 0.6) is 11.5 Å². The van der Waals surface area contributed by atoms with E-state index in [1.807, 2.05) is 41.4 Å². The molecule has 0 bridgehead atoms. The van der Waals surface area contributed by atoms with Crippen LogP contribution in [0, 0.1) is 0 Å². The van der Waals surface area contributed by atoms with Crippen molar-refractivity contribution in [1.82, 2.24) is 5.01 Å². The Kier molecular flexibility index (Phi) is 5.13. The Morgan fingerprint density at radius 1 is 1.07 bits per heavy atom. The molecule has 4 nitrogen and oxygen atoms in total. The van der Waals surface area contributed by atoms with Crippen molar-refractivity contribution in [3.05, 3.63) is 91.9 Å². The second kappa shape index (κ2) is 7.80. The topological polar surface area (TPSA) is 34.1 Å². The highest BCUT2D eigenvalue weighted by molar-refractivity contribution is 9.10. The maximum atomic E-state index is 6.42. The normalized spacial score (nSPS) is 19.6. The standard InChI is InChI=1S/C23H17BrCl2N2O2/c1-29-22-17(10-15(25)11-18(22)26)23-28-20(16-9-14(24)7-8-21(16)30-23)12-19(27-28)13-5-3-2-4-6-13/h2-11,20,23H,12H2,1H3/t20-,23+/m1/s1. The van der Waals surface area contributed by atoms with Crippen LogP contribution in [-0.4, -0.2) is 17.8 Å². The Bertz CT molecular complexity index is 1150. The van der Waals surface area contributed by atoms with E-state index in [1.54, 1.807) is 13.2 Å². The van der Waals surface area contributed by atoms with Crippen LogP contribution in [0.1, 0.15) is 35.4 Å². The van der Waals surface area contributed by atoms with Crippen LogP contribution in [0.15, 0.2) is 70.2 Å². The molecule has 0 aliphatic carbocycles. The smallest absolute Gasteiger partial charge is 0.217 e. The molecule has 0 radical (unpaired) electrons. The van der Waals surface area contributed by atoms with Crippen molar-refractivity contribution in [3.8, 4) is 11.5 Å². The lowest BCUT2D eigenvalue weighted by atomic mass is 9.96. The van der Waals surface area contributed by atoms with Gasteiger partial charge < -0.3 is 9.47 Å². The molecule has 2 atom stereocenters. The fourth-order valence-electron chi connectivity index (χ4n) is 4.05. The molecule has 5 rings (SSSR count). The van der Waals surface area contributed by atoms with Crippen LogP contribution < -0.4 is 9.47 Å². The summed E-state index contributed by atoms with van der Waals surface area (Å²) < 4.78 is 13.0. The van der Waals surface area contributed by atoms with Crippen molar-refractivity contribution < 1.29 is 9.47 Å². The Labute approximate surface area is 193 Å². The van der Waals surface area contributed by atoms with E-state index >= 15 is 0 Å². The first kappa shape index (κ1) is 19.7. The summed E-state index contributed by atoms with van der Waals surface area (Å²) in [7, 11) is 1.59. The summed E-state index contributed by atoms with van der Waals surface area (Å²) in [6.45, 7) is 0. The molecule has 2 aliphatic rings. The van der Waals surface area contributed by atoms with Gasteiger partial charge in [-0.25, -0.2) is 5.01 Å². The Morgan fingerprint density at radius 2 is 1.87 bits per heavy atom. The lowest BCUT2D eigenvalue weighted by Crippen LogP contribution is -2.34. The zero-order valence-electron chi connectivity index (χ0n) is 16.0. The fraction of sp³-hybridized carbons (Fsp3) is 0.174. The van der Waals surface area contributed by atoms with E-state index < -0.39 is 6.23 Å². The second-order valence-electron chi connectivity index (χ2n) is 7.18. The average molecular weight is 504 g/mol. The third kappa shape index (κ3) is 3.35. The lowest BCUT2D eigenvalue weighted by Gasteiger charge is -2.38. The number of hydrogen-bond donors (Lipinski definition) is 0. The van der Waals surface area contributed by atoms with Gasteiger partial charge in [0.25, 0.3) is 0 Å². The van der Waals surface area contributed by atoms with Crippen molar-refractivity contribution in [1.29, 1.82) is 0 Å². The number of hydrogen-bond acceptors (Lipinski definition) is 4. The fourth-order valence-corrected chi connectivity index (χ4v) is 5.01. The molecule has 0 amide bonds. The third-order valence-electron chi connectivity index (χ3n) is 5.37. The molecule has 0 aromatic heterocycles. The Balaban J connectivity index is 1.67. The first-order chi connectivity index (χ1) is 14.5. The van der Waals surface area contributed by atoms with Crippen LogP contribution in [0.4, 0.5) is 0 Å². The zero-order chi connectivity index (χ0) is 20.8. The van der Waals surface area contributed by atoms with Crippen molar-refractivity contribution >= 4 is 44.8 Å². The van der Waals surface area contributed by atoms with Crippen LogP contribution in [0.2, 0.25) is 10.0 Å². The van der Waals surface area contributed by atoms with Crippen molar-refractivity contribution in [2.24, 2.45) is 5.10 Å². The van der Waals surface area contributed by atoms with Gasteiger partial charge in [-0.3, -0.25) is 0 Å². The van der Waals surface area contributed by atoms with Crippen LogP contribution in [-0.2, 0) is 0 Å². The van der Waals surface area contributed by atoms with E-state index in [4.69, 9.17) is 37.8 Å². The SMILES string of the molecule is COc1c(Cl)cc(Cl)cc1[C@@H]1Oc2ccc(Br)cc2[C@H]2CC(c3ccccc3)=NN21. The summed E-state index contributed by atoms with van der Waals surface area (Å²) in [5, 5.41) is 7.91. The molecule has 7 heteroatoms. The van der Waals surface area contributed by atoms with Gasteiger partial charge in [0.2, 0.25) is 6.23 Å². The summed E-state index contributed by atoms with van der Waals surface area (Å²) >= 11 is 16.3. The third-order valence-corrected chi connectivity index (χ3v) is 6.36. The number of halogens is 3. The Hall–Kier alpha value is -2.21. The number of hydrazone groups is 1. The summed E-state index contributed by atoms with van der Waals surface area (Å²) in [5.74, 6) is 1.35. The van der Waals surface area contributed by atoms with Crippen LogP contribution in [0.25, 0.3) is 0 Å². The van der Waals surface area contributed by atoms with Gasteiger partial charge in [-0.2, -0.15) is 5.10 Å². The highest BCUT2D eigenvalue weighted by Gasteiger charge is 2.42. The van der Waals surface area contributed by atoms with E-state index in [0.717, 1.165) is 39.0 Å². The molecule has 3 aromatic carbocycles. The van der Waals surface area contributed by atoms with Crippen molar-refractivity contribution in [2.75, 3.05) is 7.11 Å². The molecule has 2 aliphatic heterocycles. The number of fused-ring (bicyclic) bond motifs is 3. The summed E-state index contributed by atoms with van der Waals surface area (Å²) in [6, 6.07) is 19.8. The van der Waals surface area contributed by atoms with Crippen molar-refractivity contribution in [3.63, 3.8) is 0 Å². The molecule has 3 aromatic rings.